The highest BCUT2D eigenvalue weighted by Crippen LogP contribution is 2.31. The third kappa shape index (κ3) is 4.12. The molecule has 22 heavy (non-hydrogen) atoms. The molecule has 0 spiro atoms. The predicted molar refractivity (Wildman–Crippen MR) is 75.6 cm³/mol. The Hall–Kier alpha value is -1.31. The fraction of sp³-hybridized carbons (Fsp3) is 0.500. The second-order valence-electron chi connectivity index (χ2n) is 4.83. The summed E-state index contributed by atoms with van der Waals surface area (Å²) in [5, 5.41) is 2.81. The van der Waals surface area contributed by atoms with Crippen LogP contribution in [0.15, 0.2) is 18.2 Å². The monoisotopic (exact) mass is 336 g/mol. The van der Waals surface area contributed by atoms with Gasteiger partial charge in [-0.25, -0.2) is 13.2 Å². The first-order valence-electron chi connectivity index (χ1n) is 6.82. The van der Waals surface area contributed by atoms with Crippen LogP contribution in [0.1, 0.15) is 11.6 Å². The minimum absolute atomic E-state index is 0.0280. The van der Waals surface area contributed by atoms with Crippen LogP contribution in [0.25, 0.3) is 0 Å². The van der Waals surface area contributed by atoms with Crippen molar-refractivity contribution >= 4 is 17.5 Å². The van der Waals surface area contributed by atoms with Gasteiger partial charge in [-0.15, -0.1) is 0 Å². The van der Waals surface area contributed by atoms with Crippen LogP contribution in [-0.2, 0) is 9.53 Å². The van der Waals surface area contributed by atoms with Crippen molar-refractivity contribution < 1.29 is 22.7 Å². The smallest absolute Gasteiger partial charge is 0.261 e. The van der Waals surface area contributed by atoms with E-state index in [0.29, 0.717) is 13.1 Å². The number of piperazine rings is 1. The topological polar surface area (TPSA) is 41.6 Å². The number of alkyl halides is 2. The van der Waals surface area contributed by atoms with E-state index in [1.807, 2.05) is 0 Å². The molecule has 1 amide bonds. The molecule has 4 nitrogen and oxygen atoms in total. The van der Waals surface area contributed by atoms with E-state index >= 15 is 0 Å². The Morgan fingerprint density at radius 3 is 2.91 bits per heavy atom. The summed E-state index contributed by atoms with van der Waals surface area (Å²) >= 11 is 6.02. The number of nitrogens with one attached hydrogen (secondary N) is 1. The van der Waals surface area contributed by atoms with Crippen LogP contribution in [0.3, 0.4) is 0 Å². The second-order valence-corrected chi connectivity index (χ2v) is 5.24. The summed E-state index contributed by atoms with van der Waals surface area (Å²) in [6.07, 6.45) is -2.54. The largest absolute Gasteiger partial charge is 0.374 e. The summed E-state index contributed by atoms with van der Waals surface area (Å²) in [7, 11) is 0. The van der Waals surface area contributed by atoms with Gasteiger partial charge < -0.3 is 10.1 Å². The molecule has 1 aromatic carbocycles. The lowest BCUT2D eigenvalue weighted by Crippen LogP contribution is -2.51. The summed E-state index contributed by atoms with van der Waals surface area (Å²) in [6, 6.07) is 3.30. The van der Waals surface area contributed by atoms with Crippen molar-refractivity contribution in [3.05, 3.63) is 34.6 Å². The molecule has 0 unspecified atom stereocenters. The van der Waals surface area contributed by atoms with Crippen LogP contribution < -0.4 is 5.32 Å². The van der Waals surface area contributed by atoms with Gasteiger partial charge in [0.15, 0.2) is 0 Å². The van der Waals surface area contributed by atoms with E-state index < -0.39 is 24.9 Å². The van der Waals surface area contributed by atoms with Gasteiger partial charge in [0.05, 0.1) is 6.61 Å². The first-order chi connectivity index (χ1) is 10.5. The Kier molecular flexibility index (Phi) is 6.05. The molecule has 1 heterocycles. The molecular weight excluding hydrogens is 321 g/mol. The van der Waals surface area contributed by atoms with Gasteiger partial charge in [0.2, 0.25) is 5.91 Å². The average molecular weight is 337 g/mol. The quantitative estimate of drug-likeness (QED) is 0.810. The number of nitrogens with zero attached hydrogens (tertiary/aromatic N) is 1. The molecule has 0 radical (unpaired) electrons. The van der Waals surface area contributed by atoms with E-state index in [0.717, 1.165) is 0 Å². The number of rotatable bonds is 6. The highest BCUT2D eigenvalue weighted by Gasteiger charge is 2.34. The van der Waals surface area contributed by atoms with Crippen LogP contribution in [0.5, 0.6) is 0 Å². The molecule has 1 saturated heterocycles. The number of benzene rings is 1. The highest BCUT2D eigenvalue weighted by atomic mass is 35.5. The van der Waals surface area contributed by atoms with Gasteiger partial charge >= 0.3 is 0 Å². The fourth-order valence-corrected chi connectivity index (χ4v) is 2.66. The van der Waals surface area contributed by atoms with E-state index in [1.165, 1.54) is 18.2 Å². The molecule has 1 aliphatic heterocycles. The normalized spacial score (nSPS) is 19.5. The Balaban J connectivity index is 2.12. The molecule has 1 atom stereocenters. The number of hydrogen-bond acceptors (Lipinski definition) is 3. The van der Waals surface area contributed by atoms with Crippen molar-refractivity contribution in [2.75, 3.05) is 32.8 Å². The molecule has 2 rings (SSSR count). The van der Waals surface area contributed by atoms with Crippen molar-refractivity contribution in [3.8, 4) is 0 Å². The Morgan fingerprint density at radius 2 is 2.23 bits per heavy atom. The van der Waals surface area contributed by atoms with Gasteiger partial charge in [-0.05, 0) is 12.1 Å². The van der Waals surface area contributed by atoms with Gasteiger partial charge in [0.25, 0.3) is 6.43 Å². The minimum atomic E-state index is -2.54. The standard InChI is InChI=1S/C14H16ClF3N2O2/c15-9-2-1-3-10(16)12(9)13-14(21)19-4-5-20(13)6-7-22-8-11(17)18/h1-3,11,13H,4-8H2,(H,19,21)/t13-/m1/s1. The number of amides is 1. The Morgan fingerprint density at radius 1 is 1.45 bits per heavy atom. The average Bonchev–Trinajstić information content (AvgIpc) is 2.45. The molecule has 122 valence electrons. The molecule has 0 aliphatic carbocycles. The molecule has 1 aliphatic rings. The van der Waals surface area contributed by atoms with Gasteiger partial charge in [-0.3, -0.25) is 9.69 Å². The maximum absolute atomic E-state index is 14.1. The third-order valence-corrected chi connectivity index (χ3v) is 3.68. The van der Waals surface area contributed by atoms with Crippen LogP contribution in [0, 0.1) is 5.82 Å². The van der Waals surface area contributed by atoms with Crippen LogP contribution in [0.4, 0.5) is 13.2 Å². The molecule has 1 fully saturated rings. The number of carbonyl (C=O) groups excluding carboxylic acids is 1. The zero-order valence-electron chi connectivity index (χ0n) is 11.7. The summed E-state index contributed by atoms with van der Waals surface area (Å²) in [5.41, 5.74) is 0.0928. The minimum Gasteiger partial charge on any atom is -0.374 e. The molecular formula is C14H16ClF3N2O2. The SMILES string of the molecule is O=C1NCCN(CCOCC(F)F)[C@@H]1c1c(F)cccc1Cl. The van der Waals surface area contributed by atoms with Gasteiger partial charge in [0.1, 0.15) is 18.5 Å². The molecule has 0 bridgehead atoms. The summed E-state index contributed by atoms with van der Waals surface area (Å²) < 4.78 is 43.0. The first-order valence-corrected chi connectivity index (χ1v) is 7.20. The predicted octanol–water partition coefficient (Wildman–Crippen LogP) is 2.23. The number of carbonyl (C=O) groups is 1. The van der Waals surface area contributed by atoms with Crippen molar-refractivity contribution in [2.24, 2.45) is 0 Å². The van der Waals surface area contributed by atoms with Crippen molar-refractivity contribution in [1.29, 1.82) is 0 Å². The lowest BCUT2D eigenvalue weighted by Gasteiger charge is -2.35. The van der Waals surface area contributed by atoms with Crippen molar-refractivity contribution in [1.82, 2.24) is 10.2 Å². The van der Waals surface area contributed by atoms with Crippen LogP contribution in [0.2, 0.25) is 5.02 Å². The molecule has 0 saturated carbocycles. The van der Waals surface area contributed by atoms with Crippen molar-refractivity contribution in [2.45, 2.75) is 12.5 Å². The fourth-order valence-electron chi connectivity index (χ4n) is 2.40. The second kappa shape index (κ2) is 7.80. The van der Waals surface area contributed by atoms with E-state index in [2.05, 4.69) is 5.32 Å². The van der Waals surface area contributed by atoms with E-state index in [1.54, 1.807) is 4.90 Å². The maximum Gasteiger partial charge on any atom is 0.261 e. The first kappa shape index (κ1) is 17.1. The number of ether oxygens (including phenoxy) is 1. The Bertz CT molecular complexity index is 511. The zero-order chi connectivity index (χ0) is 16.1. The summed E-state index contributed by atoms with van der Waals surface area (Å²) in [4.78, 5) is 13.8. The van der Waals surface area contributed by atoms with Gasteiger partial charge in [-0.1, -0.05) is 17.7 Å². The van der Waals surface area contributed by atoms with Crippen molar-refractivity contribution in [3.63, 3.8) is 0 Å². The molecule has 1 N–H and O–H groups in total. The lowest BCUT2D eigenvalue weighted by molar-refractivity contribution is -0.130. The van der Waals surface area contributed by atoms with Gasteiger partial charge in [-0.2, -0.15) is 0 Å². The molecule has 8 heteroatoms. The lowest BCUT2D eigenvalue weighted by atomic mass is 10.0. The van der Waals surface area contributed by atoms with E-state index in [4.69, 9.17) is 16.3 Å². The molecule has 0 aromatic heterocycles. The number of halogens is 4. The van der Waals surface area contributed by atoms with E-state index in [9.17, 15) is 18.0 Å². The van der Waals surface area contributed by atoms with Gasteiger partial charge in [0, 0.05) is 30.2 Å². The summed E-state index contributed by atoms with van der Waals surface area (Å²) in [5.74, 6) is -0.944. The van der Waals surface area contributed by atoms with E-state index in [-0.39, 0.29) is 29.6 Å². The van der Waals surface area contributed by atoms with Crippen LogP contribution >= 0.6 is 11.6 Å². The maximum atomic E-state index is 14.1. The highest BCUT2D eigenvalue weighted by molar-refractivity contribution is 6.31. The molecule has 1 aromatic rings. The van der Waals surface area contributed by atoms with Crippen LogP contribution in [-0.4, -0.2) is 50.1 Å². The zero-order valence-corrected chi connectivity index (χ0v) is 12.5. The number of hydrogen-bond donors (Lipinski definition) is 1. The Labute approximate surface area is 131 Å². The summed E-state index contributed by atoms with van der Waals surface area (Å²) in [6.45, 7) is 0.455. The third-order valence-electron chi connectivity index (χ3n) is 3.35.